The van der Waals surface area contributed by atoms with Gasteiger partial charge in [-0.15, -0.1) is 12.3 Å². The molecule has 0 radical (unpaired) electrons. The number of nitrogens with one attached hydrogen (secondary N) is 1. The highest BCUT2D eigenvalue weighted by molar-refractivity contribution is 4.89. The third kappa shape index (κ3) is 11.8. The Morgan fingerprint density at radius 1 is 0.941 bits per heavy atom. The van der Waals surface area contributed by atoms with Crippen LogP contribution < -0.4 is 5.32 Å². The number of terminal acetylenes is 1. The minimum absolute atomic E-state index is 0.532. The Labute approximate surface area is 109 Å². The molecule has 1 unspecified atom stereocenters. The van der Waals surface area contributed by atoms with Gasteiger partial charge < -0.3 is 5.32 Å². The predicted octanol–water partition coefficient (Wildman–Crippen LogP) is 4.52. The molecule has 0 aliphatic heterocycles. The van der Waals surface area contributed by atoms with Crippen molar-refractivity contribution in [1.82, 2.24) is 5.32 Å². The molecule has 0 aromatic heterocycles. The first-order chi connectivity index (χ1) is 8.35. The third-order valence-electron chi connectivity index (χ3n) is 3.32. The van der Waals surface area contributed by atoms with Crippen LogP contribution in [0.2, 0.25) is 0 Å². The van der Waals surface area contributed by atoms with Crippen LogP contribution in [0.15, 0.2) is 0 Å². The lowest BCUT2D eigenvalue weighted by atomic mass is 10.1. The van der Waals surface area contributed by atoms with E-state index in [1.54, 1.807) is 0 Å². The SMILES string of the molecule is C#CCC(CC)NCCCCCCCCCC. The highest BCUT2D eigenvalue weighted by Gasteiger charge is 2.01. The van der Waals surface area contributed by atoms with Gasteiger partial charge in [0, 0.05) is 12.5 Å². The van der Waals surface area contributed by atoms with Crippen LogP contribution in [0, 0.1) is 12.3 Å². The summed E-state index contributed by atoms with van der Waals surface area (Å²) in [5.41, 5.74) is 0. The quantitative estimate of drug-likeness (QED) is 0.389. The summed E-state index contributed by atoms with van der Waals surface area (Å²) in [6.07, 6.45) is 18.4. The fourth-order valence-corrected chi connectivity index (χ4v) is 2.07. The van der Waals surface area contributed by atoms with E-state index in [0.29, 0.717) is 6.04 Å². The van der Waals surface area contributed by atoms with Crippen molar-refractivity contribution in [3.8, 4) is 12.3 Å². The van der Waals surface area contributed by atoms with Gasteiger partial charge in [0.05, 0.1) is 0 Å². The van der Waals surface area contributed by atoms with Crippen molar-refractivity contribution < 1.29 is 0 Å². The van der Waals surface area contributed by atoms with E-state index in [1.807, 2.05) is 0 Å². The standard InChI is InChI=1S/C16H31N/c1-4-7-8-9-10-11-12-13-15-17-16(6-3)14-5-2/h2,16-17H,4,6-15H2,1,3H3. The largest absolute Gasteiger partial charge is 0.313 e. The molecule has 1 N–H and O–H groups in total. The fraction of sp³-hybridized carbons (Fsp3) is 0.875. The van der Waals surface area contributed by atoms with E-state index in [1.165, 1.54) is 51.4 Å². The average molecular weight is 237 g/mol. The molecule has 1 heteroatoms. The van der Waals surface area contributed by atoms with Gasteiger partial charge in [-0.2, -0.15) is 0 Å². The van der Waals surface area contributed by atoms with Crippen LogP contribution in [0.1, 0.15) is 78.1 Å². The molecule has 0 spiro atoms. The number of rotatable bonds is 12. The van der Waals surface area contributed by atoms with Gasteiger partial charge >= 0.3 is 0 Å². The first kappa shape index (κ1) is 16.5. The summed E-state index contributed by atoms with van der Waals surface area (Å²) >= 11 is 0. The summed E-state index contributed by atoms with van der Waals surface area (Å²) in [6.45, 7) is 5.60. The van der Waals surface area contributed by atoms with Crippen molar-refractivity contribution in [2.45, 2.75) is 84.1 Å². The Bertz CT molecular complexity index is 180. The minimum atomic E-state index is 0.532. The van der Waals surface area contributed by atoms with Crippen LogP contribution in [-0.4, -0.2) is 12.6 Å². The maximum atomic E-state index is 5.32. The van der Waals surface area contributed by atoms with Gasteiger partial charge in [0.25, 0.3) is 0 Å². The second-order valence-corrected chi connectivity index (χ2v) is 4.94. The van der Waals surface area contributed by atoms with Gasteiger partial charge in [-0.05, 0) is 19.4 Å². The summed E-state index contributed by atoms with van der Waals surface area (Å²) in [5, 5.41) is 3.54. The number of hydrogen-bond acceptors (Lipinski definition) is 1. The number of unbranched alkanes of at least 4 members (excludes halogenated alkanes) is 7. The van der Waals surface area contributed by atoms with Crippen LogP contribution >= 0.6 is 0 Å². The fourth-order valence-electron chi connectivity index (χ4n) is 2.07. The van der Waals surface area contributed by atoms with Crippen LogP contribution in [-0.2, 0) is 0 Å². The van der Waals surface area contributed by atoms with Gasteiger partial charge in [-0.3, -0.25) is 0 Å². The normalized spacial score (nSPS) is 12.3. The van der Waals surface area contributed by atoms with Crippen molar-refractivity contribution in [3.05, 3.63) is 0 Å². The summed E-state index contributed by atoms with van der Waals surface area (Å²) in [4.78, 5) is 0. The van der Waals surface area contributed by atoms with E-state index >= 15 is 0 Å². The summed E-state index contributed by atoms with van der Waals surface area (Å²) in [6, 6.07) is 0.532. The van der Waals surface area contributed by atoms with E-state index in [-0.39, 0.29) is 0 Å². The topological polar surface area (TPSA) is 12.0 Å². The number of hydrogen-bond donors (Lipinski definition) is 1. The van der Waals surface area contributed by atoms with Gasteiger partial charge in [0.1, 0.15) is 0 Å². The van der Waals surface area contributed by atoms with E-state index in [0.717, 1.165) is 19.4 Å². The molecule has 0 heterocycles. The lowest BCUT2D eigenvalue weighted by Crippen LogP contribution is -2.28. The molecule has 0 saturated heterocycles. The van der Waals surface area contributed by atoms with E-state index in [2.05, 4.69) is 25.1 Å². The van der Waals surface area contributed by atoms with E-state index in [4.69, 9.17) is 6.42 Å². The third-order valence-corrected chi connectivity index (χ3v) is 3.32. The van der Waals surface area contributed by atoms with Crippen LogP contribution in [0.4, 0.5) is 0 Å². The minimum Gasteiger partial charge on any atom is -0.313 e. The van der Waals surface area contributed by atoms with E-state index in [9.17, 15) is 0 Å². The van der Waals surface area contributed by atoms with Gasteiger partial charge in [-0.25, -0.2) is 0 Å². The van der Waals surface area contributed by atoms with Gasteiger partial charge in [0.15, 0.2) is 0 Å². The highest BCUT2D eigenvalue weighted by Crippen LogP contribution is 2.08. The molecule has 0 amide bonds. The highest BCUT2D eigenvalue weighted by atomic mass is 14.9. The molecule has 0 rings (SSSR count). The van der Waals surface area contributed by atoms with Crippen molar-refractivity contribution >= 4 is 0 Å². The Kier molecular flexibility index (Phi) is 13.2. The van der Waals surface area contributed by atoms with Crippen molar-refractivity contribution in [2.24, 2.45) is 0 Å². The zero-order chi connectivity index (χ0) is 12.8. The molecular formula is C16H31N. The molecule has 1 nitrogen and oxygen atoms in total. The Hall–Kier alpha value is -0.480. The average Bonchev–Trinajstić information content (AvgIpc) is 2.35. The molecule has 100 valence electrons. The van der Waals surface area contributed by atoms with Crippen molar-refractivity contribution in [2.75, 3.05) is 6.54 Å². The molecule has 0 bridgehead atoms. The molecule has 0 aromatic rings. The van der Waals surface area contributed by atoms with Crippen LogP contribution in [0.5, 0.6) is 0 Å². The molecule has 0 saturated carbocycles. The second kappa shape index (κ2) is 13.6. The first-order valence-corrected chi connectivity index (χ1v) is 7.52. The smallest absolute Gasteiger partial charge is 0.0240 e. The summed E-state index contributed by atoms with van der Waals surface area (Å²) in [7, 11) is 0. The van der Waals surface area contributed by atoms with Crippen LogP contribution in [0.25, 0.3) is 0 Å². The van der Waals surface area contributed by atoms with E-state index < -0.39 is 0 Å². The molecular weight excluding hydrogens is 206 g/mol. The molecule has 0 aromatic carbocycles. The van der Waals surface area contributed by atoms with Gasteiger partial charge in [0.2, 0.25) is 0 Å². The van der Waals surface area contributed by atoms with Crippen molar-refractivity contribution in [1.29, 1.82) is 0 Å². The molecule has 0 fully saturated rings. The predicted molar refractivity (Wildman–Crippen MR) is 78.1 cm³/mol. The summed E-state index contributed by atoms with van der Waals surface area (Å²) < 4.78 is 0. The monoisotopic (exact) mass is 237 g/mol. The molecule has 0 aliphatic rings. The lowest BCUT2D eigenvalue weighted by molar-refractivity contribution is 0.483. The lowest BCUT2D eigenvalue weighted by Gasteiger charge is -2.13. The van der Waals surface area contributed by atoms with Crippen LogP contribution in [0.3, 0.4) is 0 Å². The zero-order valence-electron chi connectivity index (χ0n) is 11.9. The maximum Gasteiger partial charge on any atom is 0.0240 e. The van der Waals surface area contributed by atoms with Gasteiger partial charge in [-0.1, -0.05) is 58.8 Å². The Morgan fingerprint density at radius 2 is 1.53 bits per heavy atom. The first-order valence-electron chi connectivity index (χ1n) is 7.52. The Balaban J connectivity index is 3.15. The second-order valence-electron chi connectivity index (χ2n) is 4.94. The maximum absolute atomic E-state index is 5.32. The Morgan fingerprint density at radius 3 is 2.06 bits per heavy atom. The molecule has 0 aliphatic carbocycles. The summed E-state index contributed by atoms with van der Waals surface area (Å²) in [5.74, 6) is 2.74. The van der Waals surface area contributed by atoms with Crippen molar-refractivity contribution in [3.63, 3.8) is 0 Å². The zero-order valence-corrected chi connectivity index (χ0v) is 11.9. The molecule has 1 atom stereocenters. The molecule has 17 heavy (non-hydrogen) atoms.